The molecule has 1 aliphatic rings. The number of anilines is 1. The Labute approximate surface area is 77.9 Å². The van der Waals surface area contributed by atoms with Gasteiger partial charge in [-0.15, -0.1) is 6.42 Å². The molecule has 0 unspecified atom stereocenters. The van der Waals surface area contributed by atoms with Crippen LogP contribution < -0.4 is 5.01 Å². The lowest BCUT2D eigenvalue weighted by atomic mass is 10.3. The summed E-state index contributed by atoms with van der Waals surface area (Å²) in [6.45, 7) is 0.892. The monoisotopic (exact) mass is 170 g/mol. The lowest BCUT2D eigenvalue weighted by molar-refractivity contribution is 0.922. The smallest absolute Gasteiger partial charge is 0.112 e. The van der Waals surface area contributed by atoms with E-state index in [1.807, 2.05) is 35.3 Å². The van der Waals surface area contributed by atoms with E-state index in [4.69, 9.17) is 6.42 Å². The number of rotatable bonds is 1. The zero-order chi connectivity index (χ0) is 9.10. The zero-order valence-electron chi connectivity index (χ0n) is 7.27. The van der Waals surface area contributed by atoms with Crippen LogP contribution in [0.2, 0.25) is 0 Å². The van der Waals surface area contributed by atoms with Crippen molar-refractivity contribution in [3.8, 4) is 12.3 Å². The molecule has 2 nitrogen and oxygen atoms in total. The molecular formula is C11H10N2. The average molecular weight is 170 g/mol. The lowest BCUT2D eigenvalue weighted by Gasteiger charge is -2.12. The minimum Gasteiger partial charge on any atom is -0.264 e. The highest BCUT2D eigenvalue weighted by molar-refractivity contribution is 6.02. The van der Waals surface area contributed by atoms with Crippen molar-refractivity contribution < 1.29 is 0 Å². The summed E-state index contributed by atoms with van der Waals surface area (Å²) in [6, 6.07) is 10.1. The van der Waals surface area contributed by atoms with Gasteiger partial charge in [0, 0.05) is 13.0 Å². The average Bonchev–Trinajstić information content (AvgIpc) is 2.67. The van der Waals surface area contributed by atoms with E-state index in [2.05, 4.69) is 11.0 Å². The molecular weight excluding hydrogens is 160 g/mol. The molecule has 0 amide bonds. The Bertz CT molecular complexity index is 359. The predicted octanol–water partition coefficient (Wildman–Crippen LogP) is 1.89. The second-order valence-corrected chi connectivity index (χ2v) is 2.90. The molecule has 1 aliphatic heterocycles. The van der Waals surface area contributed by atoms with Crippen molar-refractivity contribution in [2.45, 2.75) is 6.42 Å². The van der Waals surface area contributed by atoms with E-state index in [-0.39, 0.29) is 0 Å². The topological polar surface area (TPSA) is 15.6 Å². The summed E-state index contributed by atoms with van der Waals surface area (Å²) in [6.07, 6.45) is 6.15. The van der Waals surface area contributed by atoms with Crippen LogP contribution in [0.25, 0.3) is 0 Å². The summed E-state index contributed by atoms with van der Waals surface area (Å²) in [7, 11) is 0. The summed E-state index contributed by atoms with van der Waals surface area (Å²) in [5.41, 5.74) is 1.94. The van der Waals surface area contributed by atoms with Gasteiger partial charge in [-0.25, -0.2) is 0 Å². The maximum atomic E-state index is 5.27. The minimum absolute atomic E-state index is 0.837. The first-order valence-corrected chi connectivity index (χ1v) is 4.27. The van der Waals surface area contributed by atoms with E-state index in [1.165, 1.54) is 0 Å². The fourth-order valence-electron chi connectivity index (χ4n) is 1.35. The largest absolute Gasteiger partial charge is 0.264 e. The van der Waals surface area contributed by atoms with Gasteiger partial charge in [0.25, 0.3) is 0 Å². The van der Waals surface area contributed by atoms with Crippen LogP contribution >= 0.6 is 0 Å². The third-order valence-corrected chi connectivity index (χ3v) is 2.02. The van der Waals surface area contributed by atoms with Gasteiger partial charge in [-0.2, -0.15) is 5.10 Å². The first kappa shape index (κ1) is 7.88. The van der Waals surface area contributed by atoms with Crippen LogP contribution in [0.15, 0.2) is 35.4 Å². The molecule has 0 spiro atoms. The highest BCUT2D eigenvalue weighted by atomic mass is 15.5. The Hall–Kier alpha value is -1.75. The van der Waals surface area contributed by atoms with Crippen molar-refractivity contribution in [2.75, 3.05) is 11.6 Å². The Balaban J connectivity index is 2.22. The van der Waals surface area contributed by atoms with Crippen molar-refractivity contribution in [2.24, 2.45) is 5.10 Å². The number of para-hydroxylation sites is 1. The fraction of sp³-hybridized carbons (Fsp3) is 0.182. The van der Waals surface area contributed by atoms with Crippen molar-refractivity contribution in [1.82, 2.24) is 0 Å². The number of benzene rings is 1. The molecule has 0 atom stereocenters. The molecule has 1 aromatic rings. The number of terminal acetylenes is 1. The van der Waals surface area contributed by atoms with Gasteiger partial charge in [0.05, 0.1) is 5.69 Å². The standard InChI is InChI=1S/C11H10N2/c1-2-10-8-9-13(12-10)11-6-4-3-5-7-11/h1,3-7H,8-9H2. The minimum atomic E-state index is 0.837. The highest BCUT2D eigenvalue weighted by Gasteiger charge is 2.13. The Morgan fingerprint density at radius 2 is 2.08 bits per heavy atom. The van der Waals surface area contributed by atoms with Crippen molar-refractivity contribution in [1.29, 1.82) is 0 Å². The molecule has 1 aromatic carbocycles. The molecule has 0 saturated carbocycles. The van der Waals surface area contributed by atoms with Crippen LogP contribution in [0, 0.1) is 12.3 Å². The van der Waals surface area contributed by atoms with Gasteiger partial charge in [0.15, 0.2) is 0 Å². The van der Waals surface area contributed by atoms with Crippen LogP contribution in [0.4, 0.5) is 5.69 Å². The van der Waals surface area contributed by atoms with Gasteiger partial charge in [0.1, 0.15) is 5.71 Å². The molecule has 0 aromatic heterocycles. The second-order valence-electron chi connectivity index (χ2n) is 2.90. The van der Waals surface area contributed by atoms with Crippen LogP contribution in [0.3, 0.4) is 0 Å². The molecule has 13 heavy (non-hydrogen) atoms. The van der Waals surface area contributed by atoms with Crippen LogP contribution in [0.1, 0.15) is 6.42 Å². The van der Waals surface area contributed by atoms with Gasteiger partial charge in [-0.1, -0.05) is 24.1 Å². The van der Waals surface area contributed by atoms with E-state index in [0.29, 0.717) is 0 Å². The number of nitrogens with zero attached hydrogens (tertiary/aromatic N) is 2. The SMILES string of the molecule is C#CC1=NN(c2ccccc2)CC1. The van der Waals surface area contributed by atoms with Gasteiger partial charge in [0.2, 0.25) is 0 Å². The summed E-state index contributed by atoms with van der Waals surface area (Å²) in [5.74, 6) is 2.57. The molecule has 0 N–H and O–H groups in total. The molecule has 2 heteroatoms. The van der Waals surface area contributed by atoms with Crippen molar-refractivity contribution >= 4 is 11.4 Å². The first-order valence-electron chi connectivity index (χ1n) is 4.27. The number of hydrogen-bond donors (Lipinski definition) is 0. The predicted molar refractivity (Wildman–Crippen MR) is 54.7 cm³/mol. The van der Waals surface area contributed by atoms with Crippen molar-refractivity contribution in [3.63, 3.8) is 0 Å². The molecule has 0 saturated heterocycles. The van der Waals surface area contributed by atoms with E-state index < -0.39 is 0 Å². The number of hydrogen-bond acceptors (Lipinski definition) is 2. The van der Waals surface area contributed by atoms with Crippen LogP contribution in [-0.4, -0.2) is 12.3 Å². The van der Waals surface area contributed by atoms with Gasteiger partial charge in [-0.3, -0.25) is 5.01 Å². The van der Waals surface area contributed by atoms with Crippen LogP contribution in [-0.2, 0) is 0 Å². The molecule has 0 aliphatic carbocycles. The first-order chi connectivity index (χ1) is 6.40. The maximum absolute atomic E-state index is 5.27. The Morgan fingerprint density at radius 1 is 1.31 bits per heavy atom. The number of hydrazone groups is 1. The summed E-state index contributed by atoms with van der Waals surface area (Å²) < 4.78 is 0. The highest BCUT2D eigenvalue weighted by Crippen LogP contribution is 2.17. The molecule has 1 heterocycles. The Morgan fingerprint density at radius 3 is 2.69 bits per heavy atom. The van der Waals surface area contributed by atoms with E-state index in [0.717, 1.165) is 24.4 Å². The molecule has 0 fully saturated rings. The molecule has 2 rings (SSSR count). The second kappa shape index (κ2) is 3.32. The van der Waals surface area contributed by atoms with Crippen LogP contribution in [0.5, 0.6) is 0 Å². The van der Waals surface area contributed by atoms with Gasteiger partial charge in [-0.05, 0) is 12.1 Å². The van der Waals surface area contributed by atoms with E-state index in [9.17, 15) is 0 Å². The lowest BCUT2D eigenvalue weighted by Crippen LogP contribution is -2.11. The Kier molecular flexibility index (Phi) is 2.01. The molecule has 0 bridgehead atoms. The summed E-state index contributed by atoms with van der Waals surface area (Å²) in [4.78, 5) is 0. The summed E-state index contributed by atoms with van der Waals surface area (Å²) >= 11 is 0. The third-order valence-electron chi connectivity index (χ3n) is 2.02. The van der Waals surface area contributed by atoms with Crippen molar-refractivity contribution in [3.05, 3.63) is 30.3 Å². The quantitative estimate of drug-likeness (QED) is 0.587. The van der Waals surface area contributed by atoms with E-state index >= 15 is 0 Å². The molecule has 0 radical (unpaired) electrons. The van der Waals surface area contributed by atoms with Gasteiger partial charge < -0.3 is 0 Å². The zero-order valence-corrected chi connectivity index (χ0v) is 7.27. The maximum Gasteiger partial charge on any atom is 0.112 e. The van der Waals surface area contributed by atoms with Gasteiger partial charge >= 0.3 is 0 Å². The molecule has 64 valence electrons. The summed E-state index contributed by atoms with van der Waals surface area (Å²) in [5, 5.41) is 6.23. The normalized spacial score (nSPS) is 15.3. The third kappa shape index (κ3) is 1.54. The van der Waals surface area contributed by atoms with E-state index in [1.54, 1.807) is 0 Å². The fourth-order valence-corrected chi connectivity index (χ4v) is 1.35.